The number of rotatable bonds is 5. The van der Waals surface area contributed by atoms with Crippen molar-refractivity contribution in [3.05, 3.63) is 48.0 Å². The van der Waals surface area contributed by atoms with Crippen LogP contribution in [0.3, 0.4) is 0 Å². The van der Waals surface area contributed by atoms with Gasteiger partial charge in [0.2, 0.25) is 0 Å². The Bertz CT molecular complexity index is 548. The molecule has 0 radical (unpaired) electrons. The molecule has 2 aromatic carbocycles. The number of fused-ring (bicyclic) bond motifs is 1. The minimum absolute atomic E-state index is 0. The maximum atomic E-state index is 5.92. The summed E-state index contributed by atoms with van der Waals surface area (Å²) >= 11 is 0. The van der Waals surface area contributed by atoms with Crippen molar-refractivity contribution in [3.63, 3.8) is 0 Å². The zero-order chi connectivity index (χ0) is 13.9. The van der Waals surface area contributed by atoms with Crippen LogP contribution in [0.4, 0.5) is 0 Å². The minimum Gasteiger partial charge on any atom is -0.329 e. The van der Waals surface area contributed by atoms with Crippen LogP contribution in [0.1, 0.15) is 26.3 Å². The van der Waals surface area contributed by atoms with E-state index in [1.54, 1.807) is 0 Å². The van der Waals surface area contributed by atoms with E-state index >= 15 is 0 Å². The van der Waals surface area contributed by atoms with Crippen LogP contribution >= 0.6 is 12.4 Å². The molecule has 0 saturated carbocycles. The van der Waals surface area contributed by atoms with Gasteiger partial charge in [0.25, 0.3) is 0 Å². The molecule has 0 bridgehead atoms. The first kappa shape index (κ1) is 17.0. The highest BCUT2D eigenvalue weighted by Gasteiger charge is 2.25. The Morgan fingerprint density at radius 3 is 2.40 bits per heavy atom. The van der Waals surface area contributed by atoms with Crippen LogP contribution in [0.25, 0.3) is 10.8 Å². The van der Waals surface area contributed by atoms with Crippen LogP contribution < -0.4 is 11.1 Å². The predicted octanol–water partition coefficient (Wildman–Crippen LogP) is 3.72. The molecular weight excluding hydrogens is 268 g/mol. The first-order valence-corrected chi connectivity index (χ1v) is 6.98. The number of hydrogen-bond acceptors (Lipinski definition) is 2. The fourth-order valence-electron chi connectivity index (χ4n) is 2.26. The summed E-state index contributed by atoms with van der Waals surface area (Å²) in [6.45, 7) is 8.12. The van der Waals surface area contributed by atoms with Gasteiger partial charge in [-0.25, -0.2) is 0 Å². The van der Waals surface area contributed by atoms with E-state index in [4.69, 9.17) is 5.73 Å². The third-order valence-corrected chi connectivity index (χ3v) is 4.26. The molecule has 3 heteroatoms. The quantitative estimate of drug-likeness (QED) is 0.881. The number of halogens is 1. The molecular formula is C17H25ClN2. The summed E-state index contributed by atoms with van der Waals surface area (Å²) in [6, 6.07) is 15.0. The smallest absolute Gasteiger partial charge is 0.0301 e. The second kappa shape index (κ2) is 7.07. The predicted molar refractivity (Wildman–Crippen MR) is 90.3 cm³/mol. The normalized spacial score (nSPS) is 14.1. The molecule has 1 unspecified atom stereocenters. The van der Waals surface area contributed by atoms with Gasteiger partial charge in [0.1, 0.15) is 0 Å². The Morgan fingerprint density at radius 2 is 1.75 bits per heavy atom. The topological polar surface area (TPSA) is 38.0 Å². The Balaban J connectivity index is 0.00000200. The molecule has 20 heavy (non-hydrogen) atoms. The summed E-state index contributed by atoms with van der Waals surface area (Å²) < 4.78 is 0. The molecule has 0 heterocycles. The van der Waals surface area contributed by atoms with Crippen LogP contribution in [0, 0.1) is 5.92 Å². The van der Waals surface area contributed by atoms with E-state index in [0.717, 1.165) is 6.54 Å². The van der Waals surface area contributed by atoms with Gasteiger partial charge < -0.3 is 11.1 Å². The van der Waals surface area contributed by atoms with Crippen LogP contribution in [0.15, 0.2) is 42.5 Å². The van der Waals surface area contributed by atoms with Gasteiger partial charge in [0.05, 0.1) is 0 Å². The highest BCUT2D eigenvalue weighted by atomic mass is 35.5. The molecule has 0 aliphatic carbocycles. The highest BCUT2D eigenvalue weighted by Crippen LogP contribution is 2.20. The van der Waals surface area contributed by atoms with Gasteiger partial charge in [0.15, 0.2) is 0 Å². The largest absolute Gasteiger partial charge is 0.329 e. The van der Waals surface area contributed by atoms with Gasteiger partial charge in [-0.15, -0.1) is 12.4 Å². The second-order valence-corrected chi connectivity index (χ2v) is 5.77. The van der Waals surface area contributed by atoms with Crippen LogP contribution in [0.5, 0.6) is 0 Å². The average Bonchev–Trinajstić information content (AvgIpc) is 2.44. The molecule has 0 aromatic heterocycles. The third kappa shape index (κ3) is 3.51. The van der Waals surface area contributed by atoms with Crippen molar-refractivity contribution >= 4 is 23.2 Å². The summed E-state index contributed by atoms with van der Waals surface area (Å²) in [7, 11) is 0. The molecule has 2 rings (SSSR count). The van der Waals surface area contributed by atoms with Crippen molar-refractivity contribution < 1.29 is 0 Å². The summed E-state index contributed by atoms with van der Waals surface area (Å²) in [5.74, 6) is 0.507. The summed E-state index contributed by atoms with van der Waals surface area (Å²) in [4.78, 5) is 0. The molecule has 2 nitrogen and oxygen atoms in total. The van der Waals surface area contributed by atoms with Gasteiger partial charge >= 0.3 is 0 Å². The van der Waals surface area contributed by atoms with E-state index in [1.807, 2.05) is 0 Å². The first-order valence-electron chi connectivity index (χ1n) is 6.98. The Morgan fingerprint density at radius 1 is 1.10 bits per heavy atom. The molecule has 0 aliphatic heterocycles. The van der Waals surface area contributed by atoms with Crippen molar-refractivity contribution in [1.29, 1.82) is 0 Å². The number of nitrogens with two attached hydrogens (primary N) is 1. The average molecular weight is 293 g/mol. The lowest BCUT2D eigenvalue weighted by Crippen LogP contribution is -2.52. The van der Waals surface area contributed by atoms with Gasteiger partial charge in [-0.2, -0.15) is 0 Å². The Hall–Kier alpha value is -1.09. The molecule has 0 spiro atoms. The number of nitrogens with one attached hydrogen (secondary N) is 1. The van der Waals surface area contributed by atoms with Gasteiger partial charge in [-0.1, -0.05) is 56.3 Å². The third-order valence-electron chi connectivity index (χ3n) is 4.26. The van der Waals surface area contributed by atoms with Gasteiger partial charge in [-0.05, 0) is 29.2 Å². The molecule has 0 fully saturated rings. The van der Waals surface area contributed by atoms with Crippen LogP contribution in [-0.2, 0) is 6.54 Å². The standard InChI is InChI=1S/C17H24N2.ClH/c1-13(2)17(3,12-18)19-11-15-9-6-8-14-7-4-5-10-16(14)15;/h4-10,13,19H,11-12,18H2,1-3H3;1H. The van der Waals surface area contributed by atoms with Gasteiger partial charge in [-0.3, -0.25) is 0 Å². The highest BCUT2D eigenvalue weighted by molar-refractivity contribution is 5.85. The summed E-state index contributed by atoms with van der Waals surface area (Å²) in [5, 5.41) is 6.24. The van der Waals surface area contributed by atoms with Crippen LogP contribution in [-0.4, -0.2) is 12.1 Å². The SMILES string of the molecule is CC(C)C(C)(CN)NCc1cccc2ccccc12.Cl. The Kier molecular flexibility index (Phi) is 6.00. The Labute approximate surface area is 128 Å². The van der Waals surface area contributed by atoms with E-state index in [2.05, 4.69) is 68.6 Å². The lowest BCUT2D eigenvalue weighted by atomic mass is 9.88. The maximum Gasteiger partial charge on any atom is 0.0301 e. The van der Waals surface area contributed by atoms with E-state index in [9.17, 15) is 0 Å². The lowest BCUT2D eigenvalue weighted by molar-refractivity contribution is 0.267. The molecule has 1 atom stereocenters. The van der Waals surface area contributed by atoms with E-state index in [-0.39, 0.29) is 17.9 Å². The van der Waals surface area contributed by atoms with Crippen molar-refractivity contribution in [1.82, 2.24) is 5.32 Å². The van der Waals surface area contributed by atoms with Gasteiger partial charge in [0, 0.05) is 18.6 Å². The zero-order valence-electron chi connectivity index (χ0n) is 12.5. The minimum atomic E-state index is -0.0169. The summed E-state index contributed by atoms with van der Waals surface area (Å²) in [5.41, 5.74) is 7.24. The molecule has 0 amide bonds. The first-order chi connectivity index (χ1) is 9.07. The second-order valence-electron chi connectivity index (χ2n) is 5.77. The zero-order valence-corrected chi connectivity index (χ0v) is 13.3. The number of hydrogen-bond donors (Lipinski definition) is 2. The molecule has 0 aliphatic rings. The van der Waals surface area contributed by atoms with E-state index < -0.39 is 0 Å². The van der Waals surface area contributed by atoms with E-state index in [1.165, 1.54) is 16.3 Å². The van der Waals surface area contributed by atoms with Crippen LogP contribution in [0.2, 0.25) is 0 Å². The molecule has 0 saturated heterocycles. The fraction of sp³-hybridized carbons (Fsp3) is 0.412. The van der Waals surface area contributed by atoms with Crippen molar-refractivity contribution in [2.45, 2.75) is 32.9 Å². The maximum absolute atomic E-state index is 5.92. The fourth-order valence-corrected chi connectivity index (χ4v) is 2.26. The molecule has 110 valence electrons. The monoisotopic (exact) mass is 292 g/mol. The molecule has 3 N–H and O–H groups in total. The van der Waals surface area contributed by atoms with Crippen molar-refractivity contribution in [3.8, 4) is 0 Å². The van der Waals surface area contributed by atoms with Crippen molar-refractivity contribution in [2.24, 2.45) is 11.7 Å². The molecule has 2 aromatic rings. The van der Waals surface area contributed by atoms with E-state index in [0.29, 0.717) is 12.5 Å². The van der Waals surface area contributed by atoms with Crippen molar-refractivity contribution in [2.75, 3.05) is 6.54 Å². The number of benzene rings is 2. The summed E-state index contributed by atoms with van der Waals surface area (Å²) in [6.07, 6.45) is 0. The lowest BCUT2D eigenvalue weighted by Gasteiger charge is -2.34.